The van der Waals surface area contributed by atoms with E-state index in [9.17, 15) is 14.4 Å². The summed E-state index contributed by atoms with van der Waals surface area (Å²) in [5, 5.41) is 0. The second-order valence-corrected chi connectivity index (χ2v) is 13.4. The van der Waals surface area contributed by atoms with E-state index >= 15 is 0 Å². The molecule has 4 rings (SSSR count). The van der Waals surface area contributed by atoms with Crippen molar-refractivity contribution in [2.45, 2.75) is 110 Å². The fourth-order valence-electron chi connectivity index (χ4n) is 5.72. The van der Waals surface area contributed by atoms with Crippen LogP contribution in [0.25, 0.3) is 11.1 Å². The Labute approximate surface area is 309 Å². The number of hydrogen-bond acceptors (Lipinski definition) is 7. The van der Waals surface area contributed by atoms with E-state index < -0.39 is 12.1 Å². The average Bonchev–Trinajstić information content (AvgIpc) is 3.15. The van der Waals surface area contributed by atoms with E-state index in [1.165, 1.54) is 57.8 Å². The van der Waals surface area contributed by atoms with Crippen molar-refractivity contribution in [3.05, 3.63) is 114 Å². The molecule has 276 valence electrons. The topological polar surface area (TPSA) is 88.1 Å². The summed E-state index contributed by atoms with van der Waals surface area (Å²) in [6.45, 7) is 6.72. The maximum atomic E-state index is 12.8. The van der Waals surface area contributed by atoms with Crippen molar-refractivity contribution in [1.29, 1.82) is 0 Å². The fraction of sp³-hybridized carbons (Fsp3) is 0.400. The zero-order chi connectivity index (χ0) is 37.0. The van der Waals surface area contributed by atoms with E-state index in [-0.39, 0.29) is 24.7 Å². The van der Waals surface area contributed by atoms with Crippen LogP contribution in [-0.2, 0) is 22.4 Å². The number of carbonyl (C=O) groups excluding carboxylic acids is 3. The van der Waals surface area contributed by atoms with Crippen molar-refractivity contribution < 1.29 is 33.3 Å². The molecule has 0 aliphatic rings. The van der Waals surface area contributed by atoms with Gasteiger partial charge in [0.15, 0.2) is 0 Å². The summed E-state index contributed by atoms with van der Waals surface area (Å²) in [5.41, 5.74) is 4.07. The summed E-state index contributed by atoms with van der Waals surface area (Å²) in [7, 11) is 0. The summed E-state index contributed by atoms with van der Waals surface area (Å²) in [5.74, 6) is 1.23. The molecular weight excluding hydrogens is 652 g/mol. The molecule has 0 bridgehead atoms. The standard InChI is InChI=1S/C45H54O7/c1-4-6-7-8-9-10-11-12-13-14-31-49-41-27-21-37(22-28-41)38-23-29-42(30-24-38)51-44(47)39-19-15-35(16-20-39)32-40(46)33-36-17-25-43(26-18-36)52-45(48)50-34(3)5-2/h15-30,34H,4-14,31-33H2,1-3H3. The van der Waals surface area contributed by atoms with E-state index in [0.29, 0.717) is 23.5 Å². The zero-order valence-corrected chi connectivity index (χ0v) is 31.1. The molecule has 1 atom stereocenters. The van der Waals surface area contributed by atoms with Gasteiger partial charge in [0, 0.05) is 12.8 Å². The van der Waals surface area contributed by atoms with Gasteiger partial charge in [-0.25, -0.2) is 9.59 Å². The van der Waals surface area contributed by atoms with Gasteiger partial charge in [0.25, 0.3) is 0 Å². The van der Waals surface area contributed by atoms with Gasteiger partial charge >= 0.3 is 12.1 Å². The van der Waals surface area contributed by atoms with Gasteiger partial charge in [0.05, 0.1) is 12.2 Å². The number of carbonyl (C=O) groups is 3. The molecule has 52 heavy (non-hydrogen) atoms. The highest BCUT2D eigenvalue weighted by Gasteiger charge is 2.13. The number of ketones is 1. The Kier molecular flexibility index (Phi) is 17.0. The first-order valence-electron chi connectivity index (χ1n) is 19.0. The Morgan fingerprint density at radius 3 is 1.54 bits per heavy atom. The van der Waals surface area contributed by atoms with Gasteiger partial charge in [-0.1, -0.05) is 120 Å². The predicted molar refractivity (Wildman–Crippen MR) is 206 cm³/mol. The molecule has 0 N–H and O–H groups in total. The van der Waals surface area contributed by atoms with Crippen LogP contribution < -0.4 is 14.2 Å². The smallest absolute Gasteiger partial charge is 0.494 e. The number of hydrogen-bond donors (Lipinski definition) is 0. The van der Waals surface area contributed by atoms with Crippen LogP contribution in [0.3, 0.4) is 0 Å². The van der Waals surface area contributed by atoms with Crippen LogP contribution in [0.1, 0.15) is 113 Å². The lowest BCUT2D eigenvalue weighted by Crippen LogP contribution is -2.17. The summed E-state index contributed by atoms with van der Waals surface area (Å²) >= 11 is 0. The molecule has 4 aromatic rings. The van der Waals surface area contributed by atoms with E-state index in [2.05, 4.69) is 6.92 Å². The third kappa shape index (κ3) is 14.4. The second kappa shape index (κ2) is 22.1. The minimum Gasteiger partial charge on any atom is -0.494 e. The molecule has 0 saturated heterocycles. The third-order valence-electron chi connectivity index (χ3n) is 9.01. The van der Waals surface area contributed by atoms with Crippen molar-refractivity contribution in [1.82, 2.24) is 0 Å². The Hall–Kier alpha value is -4.91. The van der Waals surface area contributed by atoms with Crippen molar-refractivity contribution in [3.63, 3.8) is 0 Å². The average molecular weight is 707 g/mol. The van der Waals surface area contributed by atoms with E-state index in [4.69, 9.17) is 18.9 Å². The Morgan fingerprint density at radius 2 is 1.00 bits per heavy atom. The molecule has 7 nitrogen and oxygen atoms in total. The Bertz CT molecular complexity index is 1640. The molecule has 0 heterocycles. The lowest BCUT2D eigenvalue weighted by Gasteiger charge is -2.11. The number of ether oxygens (including phenoxy) is 4. The maximum absolute atomic E-state index is 12.8. The third-order valence-corrected chi connectivity index (χ3v) is 9.01. The molecular formula is C45H54O7. The van der Waals surface area contributed by atoms with Crippen LogP contribution in [0.2, 0.25) is 0 Å². The van der Waals surface area contributed by atoms with Crippen molar-refractivity contribution >= 4 is 17.9 Å². The molecule has 0 amide bonds. The molecule has 7 heteroatoms. The van der Waals surface area contributed by atoms with Gasteiger partial charge in [-0.15, -0.1) is 0 Å². The molecule has 0 radical (unpaired) electrons. The molecule has 1 unspecified atom stereocenters. The SMILES string of the molecule is CCCCCCCCCCCCOc1ccc(-c2ccc(OC(=O)c3ccc(CC(=O)Cc4ccc(OC(=O)OC(C)CC)cc4)cc3)cc2)cc1. The number of Topliss-reactive ketones (excluding diaryl/α,β-unsaturated/α-hetero) is 1. The first kappa shape index (κ1) is 39.9. The fourth-order valence-corrected chi connectivity index (χ4v) is 5.72. The monoisotopic (exact) mass is 706 g/mol. The van der Waals surface area contributed by atoms with Crippen molar-refractivity contribution in [2.24, 2.45) is 0 Å². The van der Waals surface area contributed by atoms with Gasteiger partial charge in [-0.2, -0.15) is 0 Å². The molecule has 0 aliphatic carbocycles. The molecule has 0 aromatic heterocycles. The second-order valence-electron chi connectivity index (χ2n) is 13.4. The van der Waals surface area contributed by atoms with Crippen molar-refractivity contribution in [3.8, 4) is 28.4 Å². The number of rotatable bonds is 22. The number of esters is 1. The van der Waals surface area contributed by atoms with Crippen LogP contribution in [-0.4, -0.2) is 30.6 Å². The lowest BCUT2D eigenvalue weighted by molar-refractivity contribution is -0.117. The van der Waals surface area contributed by atoms with Gasteiger partial charge in [0.1, 0.15) is 29.1 Å². The maximum Gasteiger partial charge on any atom is 0.514 e. The molecule has 0 saturated carbocycles. The van der Waals surface area contributed by atoms with Gasteiger partial charge in [0.2, 0.25) is 0 Å². The number of benzene rings is 4. The minimum absolute atomic E-state index is 0.0202. The summed E-state index contributed by atoms with van der Waals surface area (Å²) in [4.78, 5) is 37.4. The van der Waals surface area contributed by atoms with E-state index in [1.54, 1.807) is 67.6 Å². The quantitative estimate of drug-likeness (QED) is 0.0348. The van der Waals surface area contributed by atoms with Crippen molar-refractivity contribution in [2.75, 3.05) is 6.61 Å². The van der Waals surface area contributed by atoms with Gasteiger partial charge < -0.3 is 18.9 Å². The molecule has 0 spiro atoms. The predicted octanol–water partition coefficient (Wildman–Crippen LogP) is 11.5. The first-order chi connectivity index (χ1) is 25.3. The molecule has 0 fully saturated rings. The van der Waals surface area contributed by atoms with Crippen LogP contribution in [0, 0.1) is 0 Å². The normalized spacial score (nSPS) is 11.4. The van der Waals surface area contributed by atoms with Gasteiger partial charge in [-0.3, -0.25) is 4.79 Å². The van der Waals surface area contributed by atoms with Crippen LogP contribution in [0.5, 0.6) is 17.2 Å². The summed E-state index contributed by atoms with van der Waals surface area (Å²) in [6, 6.07) is 29.2. The Morgan fingerprint density at radius 1 is 0.538 bits per heavy atom. The highest BCUT2D eigenvalue weighted by atomic mass is 16.7. The van der Waals surface area contributed by atoms with Gasteiger partial charge in [-0.05, 0) is 90.6 Å². The summed E-state index contributed by atoms with van der Waals surface area (Å²) in [6.07, 6.45) is 13.3. The van der Waals surface area contributed by atoms with E-state index in [1.807, 2.05) is 43.3 Å². The Balaban J connectivity index is 1.15. The van der Waals surface area contributed by atoms with Crippen LogP contribution >= 0.6 is 0 Å². The largest absolute Gasteiger partial charge is 0.514 e. The number of unbranched alkanes of at least 4 members (excludes halogenated alkanes) is 9. The molecule has 4 aromatic carbocycles. The van der Waals surface area contributed by atoms with Crippen LogP contribution in [0.4, 0.5) is 4.79 Å². The summed E-state index contributed by atoms with van der Waals surface area (Å²) < 4.78 is 21.9. The molecule has 0 aliphatic heterocycles. The highest BCUT2D eigenvalue weighted by molar-refractivity contribution is 5.91. The zero-order valence-electron chi connectivity index (χ0n) is 31.1. The van der Waals surface area contributed by atoms with E-state index in [0.717, 1.165) is 41.0 Å². The lowest BCUT2D eigenvalue weighted by atomic mass is 10.0. The minimum atomic E-state index is -0.749. The van der Waals surface area contributed by atoms with Crippen LogP contribution in [0.15, 0.2) is 97.1 Å². The first-order valence-corrected chi connectivity index (χ1v) is 19.0. The highest BCUT2D eigenvalue weighted by Crippen LogP contribution is 2.25.